The Morgan fingerprint density at radius 3 is 2.41 bits per heavy atom. The summed E-state index contributed by atoms with van der Waals surface area (Å²) in [4.78, 5) is 0. The second kappa shape index (κ2) is 4.47. The van der Waals surface area contributed by atoms with E-state index in [1.165, 1.54) is 16.3 Å². The average Bonchev–Trinajstić information content (AvgIpc) is 2.37. The molecule has 2 aromatic rings. The first kappa shape index (κ1) is 12.1. The first-order valence-electron chi connectivity index (χ1n) is 5.91. The van der Waals surface area contributed by atoms with Crippen LogP contribution in [0.15, 0.2) is 36.4 Å². The summed E-state index contributed by atoms with van der Waals surface area (Å²) < 4.78 is 0. The van der Waals surface area contributed by atoms with Crippen molar-refractivity contribution in [1.82, 2.24) is 0 Å². The molecular formula is C15H19NO. The van der Waals surface area contributed by atoms with E-state index in [-0.39, 0.29) is 12.0 Å². The zero-order valence-corrected chi connectivity index (χ0v) is 10.4. The molecule has 0 aliphatic carbocycles. The van der Waals surface area contributed by atoms with Gasteiger partial charge in [-0.15, -0.1) is 0 Å². The van der Waals surface area contributed by atoms with E-state index in [0.717, 1.165) is 5.56 Å². The molecule has 2 heteroatoms. The molecule has 0 aliphatic heterocycles. The van der Waals surface area contributed by atoms with E-state index in [1.54, 1.807) is 0 Å². The highest BCUT2D eigenvalue weighted by Crippen LogP contribution is 2.26. The molecule has 0 saturated heterocycles. The van der Waals surface area contributed by atoms with E-state index < -0.39 is 0 Å². The zero-order chi connectivity index (χ0) is 12.5. The molecule has 0 spiro atoms. The highest BCUT2D eigenvalue weighted by Gasteiger charge is 2.23. The number of fused-ring (bicyclic) bond motifs is 1. The lowest BCUT2D eigenvalue weighted by molar-refractivity contribution is 0.210. The maximum atomic E-state index is 9.47. The van der Waals surface area contributed by atoms with Crippen molar-refractivity contribution < 1.29 is 5.11 Å². The standard InChI is InChI=1S/C15H19NO/c1-11-3-4-13-8-14(6-5-12(13)7-11)15(2,9-16)10-17/h3-8,17H,9-10,16H2,1-2H3. The maximum absolute atomic E-state index is 9.47. The summed E-state index contributed by atoms with van der Waals surface area (Å²) in [6, 6.07) is 12.7. The van der Waals surface area contributed by atoms with Crippen molar-refractivity contribution in [2.75, 3.05) is 13.2 Å². The van der Waals surface area contributed by atoms with Crippen molar-refractivity contribution in [3.63, 3.8) is 0 Å². The molecule has 3 N–H and O–H groups in total. The first-order valence-corrected chi connectivity index (χ1v) is 5.91. The van der Waals surface area contributed by atoms with Crippen LogP contribution >= 0.6 is 0 Å². The third-order valence-electron chi connectivity index (χ3n) is 3.49. The lowest BCUT2D eigenvalue weighted by atomic mass is 9.82. The normalized spacial score (nSPS) is 14.8. The van der Waals surface area contributed by atoms with Crippen molar-refractivity contribution in [3.05, 3.63) is 47.5 Å². The van der Waals surface area contributed by atoms with Crippen molar-refractivity contribution >= 4 is 10.8 Å². The quantitative estimate of drug-likeness (QED) is 0.848. The molecule has 2 aromatic carbocycles. The number of hydrogen-bond acceptors (Lipinski definition) is 2. The Morgan fingerprint density at radius 1 is 1.12 bits per heavy atom. The third kappa shape index (κ3) is 2.19. The van der Waals surface area contributed by atoms with Gasteiger partial charge in [-0.25, -0.2) is 0 Å². The summed E-state index contributed by atoms with van der Waals surface area (Å²) in [6.07, 6.45) is 0. The van der Waals surface area contributed by atoms with E-state index in [9.17, 15) is 5.11 Å². The molecule has 2 rings (SSSR count). The van der Waals surface area contributed by atoms with Crippen LogP contribution in [0.25, 0.3) is 10.8 Å². The fourth-order valence-electron chi connectivity index (χ4n) is 2.01. The lowest BCUT2D eigenvalue weighted by Crippen LogP contribution is -2.35. The molecule has 0 bridgehead atoms. The van der Waals surface area contributed by atoms with Gasteiger partial charge in [-0.1, -0.05) is 48.9 Å². The number of benzene rings is 2. The summed E-state index contributed by atoms with van der Waals surface area (Å²) in [5, 5.41) is 11.9. The second-order valence-corrected chi connectivity index (χ2v) is 4.99. The zero-order valence-electron chi connectivity index (χ0n) is 10.4. The molecule has 0 aromatic heterocycles. The van der Waals surface area contributed by atoms with Gasteiger partial charge in [-0.3, -0.25) is 0 Å². The van der Waals surface area contributed by atoms with Crippen LogP contribution in [0.2, 0.25) is 0 Å². The lowest BCUT2D eigenvalue weighted by Gasteiger charge is -2.26. The predicted molar refractivity (Wildman–Crippen MR) is 72.2 cm³/mol. The Kier molecular flexibility index (Phi) is 3.18. The Hall–Kier alpha value is -1.38. The summed E-state index contributed by atoms with van der Waals surface area (Å²) >= 11 is 0. The molecule has 0 radical (unpaired) electrons. The summed E-state index contributed by atoms with van der Waals surface area (Å²) in [7, 11) is 0. The maximum Gasteiger partial charge on any atom is 0.0537 e. The molecule has 17 heavy (non-hydrogen) atoms. The van der Waals surface area contributed by atoms with Gasteiger partial charge in [0.1, 0.15) is 0 Å². The van der Waals surface area contributed by atoms with Gasteiger partial charge in [0, 0.05) is 12.0 Å². The average molecular weight is 229 g/mol. The minimum atomic E-state index is -0.348. The Balaban J connectivity index is 2.55. The molecule has 2 nitrogen and oxygen atoms in total. The van der Waals surface area contributed by atoms with Gasteiger partial charge in [0.25, 0.3) is 0 Å². The van der Waals surface area contributed by atoms with Crippen molar-refractivity contribution in [3.8, 4) is 0 Å². The molecule has 0 fully saturated rings. The first-order chi connectivity index (χ1) is 8.09. The number of rotatable bonds is 3. The predicted octanol–water partition coefficient (Wildman–Crippen LogP) is 2.36. The second-order valence-electron chi connectivity index (χ2n) is 4.99. The van der Waals surface area contributed by atoms with Gasteiger partial charge in [-0.2, -0.15) is 0 Å². The molecule has 0 aliphatic rings. The van der Waals surface area contributed by atoms with E-state index >= 15 is 0 Å². The minimum absolute atomic E-state index is 0.0703. The largest absolute Gasteiger partial charge is 0.395 e. The fraction of sp³-hybridized carbons (Fsp3) is 0.333. The molecule has 1 atom stereocenters. The molecular weight excluding hydrogens is 210 g/mol. The van der Waals surface area contributed by atoms with Crippen LogP contribution in [0, 0.1) is 6.92 Å². The van der Waals surface area contributed by atoms with Gasteiger partial charge in [0.05, 0.1) is 6.61 Å². The van der Waals surface area contributed by atoms with Crippen molar-refractivity contribution in [2.24, 2.45) is 5.73 Å². The van der Waals surface area contributed by atoms with E-state index in [0.29, 0.717) is 6.54 Å². The Morgan fingerprint density at radius 2 is 1.76 bits per heavy atom. The highest BCUT2D eigenvalue weighted by molar-refractivity contribution is 5.84. The smallest absolute Gasteiger partial charge is 0.0537 e. The van der Waals surface area contributed by atoms with Crippen LogP contribution < -0.4 is 5.73 Å². The van der Waals surface area contributed by atoms with Gasteiger partial charge in [-0.05, 0) is 23.3 Å². The third-order valence-corrected chi connectivity index (χ3v) is 3.49. The molecule has 0 amide bonds. The van der Waals surface area contributed by atoms with Gasteiger partial charge >= 0.3 is 0 Å². The van der Waals surface area contributed by atoms with Crippen LogP contribution in [-0.2, 0) is 5.41 Å². The fourth-order valence-corrected chi connectivity index (χ4v) is 2.01. The summed E-state index contributed by atoms with van der Waals surface area (Å²) in [5.41, 5.74) is 7.76. The Bertz CT molecular complexity index is 529. The molecule has 0 saturated carbocycles. The van der Waals surface area contributed by atoms with Crippen LogP contribution in [0.3, 0.4) is 0 Å². The van der Waals surface area contributed by atoms with Crippen molar-refractivity contribution in [1.29, 1.82) is 0 Å². The number of aryl methyl sites for hydroxylation is 1. The van der Waals surface area contributed by atoms with E-state index in [1.807, 2.05) is 6.92 Å². The minimum Gasteiger partial charge on any atom is -0.395 e. The highest BCUT2D eigenvalue weighted by atomic mass is 16.3. The van der Waals surface area contributed by atoms with Gasteiger partial charge in [0.2, 0.25) is 0 Å². The molecule has 90 valence electrons. The number of hydrogen-bond donors (Lipinski definition) is 2. The number of nitrogens with two attached hydrogens (primary N) is 1. The van der Waals surface area contributed by atoms with Crippen LogP contribution in [0.1, 0.15) is 18.1 Å². The Labute approximate surface area is 102 Å². The van der Waals surface area contributed by atoms with Crippen LogP contribution in [0.4, 0.5) is 0 Å². The SMILES string of the molecule is Cc1ccc2cc(C(C)(CN)CO)ccc2c1. The molecule has 0 heterocycles. The number of aliphatic hydroxyl groups excluding tert-OH is 1. The van der Waals surface area contributed by atoms with E-state index in [4.69, 9.17) is 5.73 Å². The molecule has 1 unspecified atom stereocenters. The number of aliphatic hydroxyl groups is 1. The summed E-state index contributed by atoms with van der Waals surface area (Å²) in [6.45, 7) is 4.59. The van der Waals surface area contributed by atoms with Crippen LogP contribution in [-0.4, -0.2) is 18.3 Å². The monoisotopic (exact) mass is 229 g/mol. The van der Waals surface area contributed by atoms with Crippen LogP contribution in [0.5, 0.6) is 0 Å². The van der Waals surface area contributed by atoms with E-state index in [2.05, 4.69) is 43.3 Å². The topological polar surface area (TPSA) is 46.2 Å². The van der Waals surface area contributed by atoms with Gasteiger partial charge < -0.3 is 10.8 Å². The van der Waals surface area contributed by atoms with Crippen molar-refractivity contribution in [2.45, 2.75) is 19.3 Å². The van der Waals surface area contributed by atoms with Gasteiger partial charge in [0.15, 0.2) is 0 Å². The summed E-state index contributed by atoms with van der Waals surface area (Å²) in [5.74, 6) is 0.